The van der Waals surface area contributed by atoms with Crippen molar-refractivity contribution in [2.75, 3.05) is 4.90 Å². The molecule has 2 heterocycles. The average Bonchev–Trinajstić information content (AvgIpc) is 3.02. The lowest BCUT2D eigenvalue weighted by Gasteiger charge is -2.20. The molecule has 1 aromatic rings. The third-order valence-electron chi connectivity index (χ3n) is 4.03. The summed E-state index contributed by atoms with van der Waals surface area (Å²) < 4.78 is 0. The van der Waals surface area contributed by atoms with E-state index in [1.165, 1.54) is 6.07 Å². The number of carbonyl (C=O) groups excluding carboxylic acids is 2. The largest absolute Gasteiger partial charge is 0.478 e. The van der Waals surface area contributed by atoms with Crippen LogP contribution in [0.15, 0.2) is 11.4 Å². The first-order valence-corrected chi connectivity index (χ1v) is 7.11. The van der Waals surface area contributed by atoms with Crippen LogP contribution in [0.2, 0.25) is 0 Å². The highest BCUT2D eigenvalue weighted by atomic mass is 32.1. The minimum Gasteiger partial charge on any atom is -0.478 e. The Kier molecular flexibility index (Phi) is 2.70. The van der Waals surface area contributed by atoms with Crippen molar-refractivity contribution in [2.45, 2.75) is 32.1 Å². The Bertz CT molecular complexity index is 571. The summed E-state index contributed by atoms with van der Waals surface area (Å²) in [4.78, 5) is 36.9. The molecule has 6 heteroatoms. The van der Waals surface area contributed by atoms with Crippen LogP contribution in [-0.4, -0.2) is 22.9 Å². The SMILES string of the molecule is O=C(O)c1ccsc1N1C(=O)CC2(CCCC2)C1=O. The van der Waals surface area contributed by atoms with Gasteiger partial charge in [0.2, 0.25) is 11.8 Å². The molecule has 1 saturated heterocycles. The molecule has 0 aromatic carbocycles. The van der Waals surface area contributed by atoms with Crippen LogP contribution >= 0.6 is 11.3 Å². The highest BCUT2D eigenvalue weighted by Crippen LogP contribution is 2.49. The average molecular weight is 279 g/mol. The molecule has 2 fully saturated rings. The number of carboxylic acids is 1. The number of rotatable bonds is 2. The number of hydrogen-bond acceptors (Lipinski definition) is 4. The van der Waals surface area contributed by atoms with Gasteiger partial charge in [-0.1, -0.05) is 12.8 Å². The summed E-state index contributed by atoms with van der Waals surface area (Å²) in [5.41, 5.74) is -0.529. The van der Waals surface area contributed by atoms with E-state index < -0.39 is 11.4 Å². The van der Waals surface area contributed by atoms with Crippen molar-refractivity contribution >= 4 is 34.1 Å². The Hall–Kier alpha value is -1.69. The highest BCUT2D eigenvalue weighted by Gasteiger charge is 2.53. The number of nitrogens with zero attached hydrogens (tertiary/aromatic N) is 1. The van der Waals surface area contributed by atoms with Crippen molar-refractivity contribution in [2.24, 2.45) is 5.41 Å². The highest BCUT2D eigenvalue weighted by molar-refractivity contribution is 7.15. The second kappa shape index (κ2) is 4.16. The van der Waals surface area contributed by atoms with Crippen LogP contribution in [0.1, 0.15) is 42.5 Å². The van der Waals surface area contributed by atoms with Crippen LogP contribution in [0.3, 0.4) is 0 Å². The van der Waals surface area contributed by atoms with Crippen LogP contribution < -0.4 is 4.90 Å². The van der Waals surface area contributed by atoms with Gasteiger partial charge in [-0.3, -0.25) is 9.59 Å². The minimum absolute atomic E-state index is 0.0294. The molecule has 19 heavy (non-hydrogen) atoms. The summed E-state index contributed by atoms with van der Waals surface area (Å²) in [6.45, 7) is 0. The van der Waals surface area contributed by atoms with Crippen molar-refractivity contribution in [1.29, 1.82) is 0 Å². The summed E-state index contributed by atoms with van der Waals surface area (Å²) in [6, 6.07) is 1.43. The molecule has 3 rings (SSSR count). The maximum absolute atomic E-state index is 12.5. The lowest BCUT2D eigenvalue weighted by molar-refractivity contribution is -0.125. The van der Waals surface area contributed by atoms with Crippen LogP contribution in [0, 0.1) is 5.41 Å². The standard InChI is InChI=1S/C13H13NO4S/c15-9-7-13(4-1-2-5-13)12(18)14(9)10-8(11(16)17)3-6-19-10/h3,6H,1-2,4-5,7H2,(H,16,17). The zero-order chi connectivity index (χ0) is 13.6. The van der Waals surface area contributed by atoms with Gasteiger partial charge in [0.05, 0.1) is 11.0 Å². The zero-order valence-corrected chi connectivity index (χ0v) is 11.0. The summed E-state index contributed by atoms with van der Waals surface area (Å²) >= 11 is 1.13. The Balaban J connectivity index is 2.01. The number of hydrogen-bond donors (Lipinski definition) is 1. The molecule has 1 spiro atoms. The van der Waals surface area contributed by atoms with Crippen molar-refractivity contribution in [3.63, 3.8) is 0 Å². The fourth-order valence-corrected chi connectivity index (χ4v) is 3.99. The summed E-state index contributed by atoms with van der Waals surface area (Å²) in [5.74, 6) is -1.58. The van der Waals surface area contributed by atoms with Crippen LogP contribution in [0.5, 0.6) is 0 Å². The lowest BCUT2D eigenvalue weighted by atomic mass is 9.84. The molecule has 0 bridgehead atoms. The van der Waals surface area contributed by atoms with Crippen molar-refractivity contribution in [1.82, 2.24) is 0 Å². The van der Waals surface area contributed by atoms with E-state index in [1.807, 2.05) is 0 Å². The molecule has 5 nitrogen and oxygen atoms in total. The molecule has 100 valence electrons. The van der Waals surface area contributed by atoms with Gasteiger partial charge in [-0.15, -0.1) is 11.3 Å². The lowest BCUT2D eigenvalue weighted by Crippen LogP contribution is -2.34. The summed E-state index contributed by atoms with van der Waals surface area (Å²) in [7, 11) is 0. The third-order valence-corrected chi connectivity index (χ3v) is 4.93. The van der Waals surface area contributed by atoms with Gasteiger partial charge in [0, 0.05) is 6.42 Å². The zero-order valence-electron chi connectivity index (χ0n) is 10.2. The van der Waals surface area contributed by atoms with E-state index in [0.29, 0.717) is 0 Å². The number of imide groups is 1. The van der Waals surface area contributed by atoms with Gasteiger partial charge in [0.15, 0.2) is 0 Å². The molecule has 1 aromatic heterocycles. The second-order valence-electron chi connectivity index (χ2n) is 5.14. The molecule has 1 N–H and O–H groups in total. The maximum Gasteiger partial charge on any atom is 0.338 e. The van der Waals surface area contributed by atoms with Crippen LogP contribution in [0.25, 0.3) is 0 Å². The van der Waals surface area contributed by atoms with Gasteiger partial charge < -0.3 is 5.11 Å². The van der Waals surface area contributed by atoms with E-state index in [0.717, 1.165) is 41.9 Å². The van der Waals surface area contributed by atoms with Gasteiger partial charge in [-0.25, -0.2) is 9.69 Å². The van der Waals surface area contributed by atoms with Gasteiger partial charge in [-0.2, -0.15) is 0 Å². The molecular formula is C13H13NO4S. The van der Waals surface area contributed by atoms with Gasteiger partial charge >= 0.3 is 5.97 Å². The van der Waals surface area contributed by atoms with E-state index in [1.54, 1.807) is 5.38 Å². The van der Waals surface area contributed by atoms with E-state index >= 15 is 0 Å². The maximum atomic E-state index is 12.5. The Labute approximate surface area is 113 Å². The molecule has 0 unspecified atom stereocenters. The first kappa shape index (κ1) is 12.3. The van der Waals surface area contributed by atoms with E-state index in [2.05, 4.69) is 0 Å². The van der Waals surface area contributed by atoms with Gasteiger partial charge in [0.1, 0.15) is 5.00 Å². The summed E-state index contributed by atoms with van der Waals surface area (Å²) in [6.07, 6.45) is 3.62. The Morgan fingerprint density at radius 2 is 2.00 bits per heavy atom. The van der Waals surface area contributed by atoms with E-state index in [9.17, 15) is 14.4 Å². The van der Waals surface area contributed by atoms with E-state index in [-0.39, 0.29) is 28.8 Å². The first-order valence-electron chi connectivity index (χ1n) is 6.23. The molecule has 1 saturated carbocycles. The summed E-state index contributed by atoms with van der Waals surface area (Å²) in [5, 5.41) is 11.0. The molecule has 1 aliphatic carbocycles. The number of aromatic carboxylic acids is 1. The van der Waals surface area contributed by atoms with Crippen LogP contribution in [-0.2, 0) is 9.59 Å². The molecule has 1 aliphatic heterocycles. The predicted molar refractivity (Wildman–Crippen MR) is 69.3 cm³/mol. The van der Waals surface area contributed by atoms with Crippen molar-refractivity contribution in [3.8, 4) is 0 Å². The normalized spacial score (nSPS) is 21.6. The monoisotopic (exact) mass is 279 g/mol. The molecule has 0 radical (unpaired) electrons. The molecule has 2 amide bonds. The fourth-order valence-electron chi connectivity index (χ4n) is 3.08. The third kappa shape index (κ3) is 1.70. The predicted octanol–water partition coefficient (Wildman–Crippen LogP) is 2.27. The molecule has 2 aliphatic rings. The fraction of sp³-hybridized carbons (Fsp3) is 0.462. The van der Waals surface area contributed by atoms with Crippen molar-refractivity contribution < 1.29 is 19.5 Å². The second-order valence-corrected chi connectivity index (χ2v) is 6.04. The van der Waals surface area contributed by atoms with Crippen molar-refractivity contribution in [3.05, 3.63) is 17.0 Å². The van der Waals surface area contributed by atoms with E-state index in [4.69, 9.17) is 5.11 Å². The molecular weight excluding hydrogens is 266 g/mol. The van der Waals surface area contributed by atoms with Gasteiger partial charge in [0.25, 0.3) is 0 Å². The molecule has 0 atom stereocenters. The Morgan fingerprint density at radius 3 is 2.63 bits per heavy atom. The Morgan fingerprint density at radius 1 is 1.32 bits per heavy atom. The smallest absolute Gasteiger partial charge is 0.338 e. The van der Waals surface area contributed by atoms with Crippen LogP contribution in [0.4, 0.5) is 5.00 Å². The number of amides is 2. The minimum atomic E-state index is -1.11. The quantitative estimate of drug-likeness (QED) is 0.843. The van der Waals surface area contributed by atoms with Gasteiger partial charge in [-0.05, 0) is 24.3 Å². The number of carbonyl (C=O) groups is 3. The topological polar surface area (TPSA) is 74.7 Å². The number of anilines is 1. The number of carboxylic acid groups (broad SMARTS) is 1. The first-order chi connectivity index (χ1) is 9.05. The number of thiophene rings is 1.